The zero-order chi connectivity index (χ0) is 16.9. The van der Waals surface area contributed by atoms with Crippen molar-refractivity contribution in [1.29, 1.82) is 0 Å². The summed E-state index contributed by atoms with van der Waals surface area (Å²) < 4.78 is 16.1. The lowest BCUT2D eigenvalue weighted by atomic mass is 10.1. The van der Waals surface area contributed by atoms with E-state index in [9.17, 15) is 4.79 Å². The first kappa shape index (κ1) is 16.5. The van der Waals surface area contributed by atoms with Gasteiger partial charge in [-0.15, -0.1) is 11.8 Å². The molecule has 2 aromatic rings. The summed E-state index contributed by atoms with van der Waals surface area (Å²) in [7, 11) is 3.19. The monoisotopic (exact) mass is 342 g/mol. The van der Waals surface area contributed by atoms with Crippen LogP contribution in [0.15, 0.2) is 47.4 Å². The molecule has 0 saturated heterocycles. The summed E-state index contributed by atoms with van der Waals surface area (Å²) in [5, 5.41) is 0. The third-order valence-corrected chi connectivity index (χ3v) is 4.67. The average molecular weight is 342 g/mol. The second-order valence-corrected chi connectivity index (χ2v) is 6.30. The van der Waals surface area contributed by atoms with E-state index in [1.165, 1.54) is 0 Å². The van der Waals surface area contributed by atoms with Gasteiger partial charge in [0.25, 0.3) is 0 Å². The van der Waals surface area contributed by atoms with E-state index in [0.29, 0.717) is 17.9 Å². The zero-order valence-corrected chi connectivity index (χ0v) is 14.4. The number of hydrogen-bond acceptors (Lipinski definition) is 5. The third kappa shape index (κ3) is 3.57. The van der Waals surface area contributed by atoms with Gasteiger partial charge in [0, 0.05) is 5.75 Å². The van der Waals surface area contributed by atoms with Gasteiger partial charge in [-0.25, -0.2) is 0 Å². The van der Waals surface area contributed by atoms with Crippen molar-refractivity contribution in [2.45, 2.75) is 4.90 Å². The summed E-state index contributed by atoms with van der Waals surface area (Å²) in [6.07, 6.45) is 3.32. The van der Waals surface area contributed by atoms with Gasteiger partial charge >= 0.3 is 0 Å². The summed E-state index contributed by atoms with van der Waals surface area (Å²) in [4.78, 5) is 13.6. The second kappa shape index (κ2) is 7.45. The van der Waals surface area contributed by atoms with E-state index in [-0.39, 0.29) is 5.78 Å². The van der Waals surface area contributed by atoms with Crippen LogP contribution in [0.2, 0.25) is 0 Å². The highest BCUT2D eigenvalue weighted by Crippen LogP contribution is 2.38. The fourth-order valence-corrected chi connectivity index (χ4v) is 3.25. The van der Waals surface area contributed by atoms with Gasteiger partial charge < -0.3 is 14.2 Å². The molecule has 0 aliphatic carbocycles. The van der Waals surface area contributed by atoms with E-state index in [4.69, 9.17) is 14.2 Å². The third-order valence-electron chi connectivity index (χ3n) is 3.67. The first-order chi connectivity index (χ1) is 11.7. The minimum Gasteiger partial charge on any atom is -0.497 e. The number of thioether (sulfide) groups is 1. The summed E-state index contributed by atoms with van der Waals surface area (Å²) in [6.45, 7) is 0.652. The van der Waals surface area contributed by atoms with Crippen LogP contribution in [0.1, 0.15) is 15.9 Å². The Labute approximate surface area is 145 Å². The molecule has 5 heteroatoms. The molecule has 0 radical (unpaired) electrons. The van der Waals surface area contributed by atoms with Crippen LogP contribution in [-0.4, -0.2) is 32.4 Å². The van der Waals surface area contributed by atoms with Crippen molar-refractivity contribution in [3.63, 3.8) is 0 Å². The molecule has 1 aliphatic rings. The maximum absolute atomic E-state index is 12.6. The number of rotatable bonds is 5. The van der Waals surface area contributed by atoms with E-state index in [0.717, 1.165) is 27.7 Å². The van der Waals surface area contributed by atoms with Crippen LogP contribution < -0.4 is 14.2 Å². The number of methoxy groups -OCH3 is 2. The predicted molar refractivity (Wildman–Crippen MR) is 95.6 cm³/mol. The largest absolute Gasteiger partial charge is 0.497 e. The molecule has 0 unspecified atom stereocenters. The number of fused-ring (bicyclic) bond motifs is 1. The van der Waals surface area contributed by atoms with Crippen LogP contribution in [0.4, 0.5) is 0 Å². The summed E-state index contributed by atoms with van der Waals surface area (Å²) in [5.41, 5.74) is 1.43. The van der Waals surface area contributed by atoms with Crippen molar-refractivity contribution in [2.75, 3.05) is 26.6 Å². The molecule has 24 heavy (non-hydrogen) atoms. The Hall–Kier alpha value is -2.40. The van der Waals surface area contributed by atoms with Gasteiger partial charge in [0.05, 0.1) is 31.3 Å². The van der Waals surface area contributed by atoms with E-state index < -0.39 is 0 Å². The number of benzene rings is 2. The molecule has 0 N–H and O–H groups in total. The molecule has 0 amide bonds. The smallest absolute Gasteiger partial charge is 0.189 e. The van der Waals surface area contributed by atoms with Crippen molar-refractivity contribution in [3.8, 4) is 17.2 Å². The molecule has 4 nitrogen and oxygen atoms in total. The lowest BCUT2D eigenvalue weighted by molar-refractivity contribution is 0.104. The Morgan fingerprint density at radius 3 is 2.67 bits per heavy atom. The first-order valence-corrected chi connectivity index (χ1v) is 8.54. The Morgan fingerprint density at radius 2 is 1.96 bits per heavy atom. The fourth-order valence-electron chi connectivity index (χ4n) is 2.41. The van der Waals surface area contributed by atoms with Crippen molar-refractivity contribution in [2.24, 2.45) is 0 Å². The van der Waals surface area contributed by atoms with Gasteiger partial charge in [0.1, 0.15) is 17.2 Å². The number of hydrogen-bond donors (Lipinski definition) is 0. The molecule has 1 heterocycles. The number of allylic oxidation sites excluding steroid dienone is 1. The van der Waals surface area contributed by atoms with Gasteiger partial charge in [-0.3, -0.25) is 4.79 Å². The zero-order valence-electron chi connectivity index (χ0n) is 13.6. The molecule has 3 rings (SSSR count). The van der Waals surface area contributed by atoms with Crippen molar-refractivity contribution >= 4 is 23.6 Å². The minimum absolute atomic E-state index is 0.121. The molecular formula is C19H18O4S. The first-order valence-electron chi connectivity index (χ1n) is 7.55. The molecule has 124 valence electrons. The number of ketones is 1. The van der Waals surface area contributed by atoms with Gasteiger partial charge in [-0.2, -0.15) is 0 Å². The van der Waals surface area contributed by atoms with Crippen molar-refractivity contribution < 1.29 is 19.0 Å². The summed E-state index contributed by atoms with van der Waals surface area (Å²) in [6, 6.07) is 11.1. The highest BCUT2D eigenvalue weighted by Gasteiger charge is 2.18. The average Bonchev–Trinajstić information content (AvgIpc) is 2.65. The lowest BCUT2D eigenvalue weighted by Gasteiger charge is -2.18. The van der Waals surface area contributed by atoms with Crippen LogP contribution in [0, 0.1) is 0 Å². The highest BCUT2D eigenvalue weighted by molar-refractivity contribution is 7.99. The maximum atomic E-state index is 12.6. The molecule has 0 spiro atoms. The van der Waals surface area contributed by atoms with E-state index in [1.54, 1.807) is 44.2 Å². The van der Waals surface area contributed by atoms with Gasteiger partial charge in [0.15, 0.2) is 5.78 Å². The normalized spacial score (nSPS) is 13.2. The van der Waals surface area contributed by atoms with E-state index >= 15 is 0 Å². The molecule has 2 aromatic carbocycles. The van der Waals surface area contributed by atoms with Crippen LogP contribution in [0.5, 0.6) is 17.2 Å². The van der Waals surface area contributed by atoms with Crippen LogP contribution in [0.3, 0.4) is 0 Å². The predicted octanol–water partition coefficient (Wildman–Crippen LogP) is 4.08. The van der Waals surface area contributed by atoms with Crippen LogP contribution in [0.25, 0.3) is 6.08 Å². The van der Waals surface area contributed by atoms with Gasteiger partial charge in [0.2, 0.25) is 0 Å². The Bertz CT molecular complexity index is 766. The number of ether oxygens (including phenoxy) is 3. The molecule has 0 aromatic heterocycles. The number of carbonyl (C=O) groups excluding carboxylic acids is 1. The molecule has 0 atom stereocenters. The fraction of sp³-hybridized carbons (Fsp3) is 0.211. The number of carbonyl (C=O) groups is 1. The van der Waals surface area contributed by atoms with E-state index in [2.05, 4.69) is 0 Å². The van der Waals surface area contributed by atoms with Crippen molar-refractivity contribution in [3.05, 3.63) is 53.6 Å². The van der Waals surface area contributed by atoms with Crippen LogP contribution in [-0.2, 0) is 0 Å². The Balaban J connectivity index is 1.84. The SMILES string of the molecule is COc1ccc(/C=C/C(=O)c2cc3c(cc2OC)SCCO3)cc1. The second-order valence-electron chi connectivity index (χ2n) is 5.17. The molecule has 1 aliphatic heterocycles. The molecular weight excluding hydrogens is 324 g/mol. The maximum Gasteiger partial charge on any atom is 0.189 e. The highest BCUT2D eigenvalue weighted by atomic mass is 32.2. The molecule has 0 saturated carbocycles. The quantitative estimate of drug-likeness (QED) is 0.605. The van der Waals surface area contributed by atoms with Crippen molar-refractivity contribution in [1.82, 2.24) is 0 Å². The molecule has 0 bridgehead atoms. The Kier molecular flexibility index (Phi) is 5.11. The van der Waals surface area contributed by atoms with Crippen LogP contribution >= 0.6 is 11.8 Å². The summed E-state index contributed by atoms with van der Waals surface area (Å²) in [5.74, 6) is 2.87. The molecule has 0 fully saturated rings. The van der Waals surface area contributed by atoms with Gasteiger partial charge in [-0.05, 0) is 35.9 Å². The lowest BCUT2D eigenvalue weighted by Crippen LogP contribution is -2.09. The summed E-state index contributed by atoms with van der Waals surface area (Å²) >= 11 is 1.71. The van der Waals surface area contributed by atoms with E-state index in [1.807, 2.05) is 30.3 Å². The Morgan fingerprint density at radius 1 is 1.17 bits per heavy atom. The van der Waals surface area contributed by atoms with Gasteiger partial charge in [-0.1, -0.05) is 18.2 Å². The topological polar surface area (TPSA) is 44.8 Å². The minimum atomic E-state index is -0.121. The standard InChI is InChI=1S/C19H18O4S/c1-21-14-6-3-13(4-7-14)5-8-16(20)15-11-18-19(12-17(15)22-2)24-10-9-23-18/h3-8,11-12H,9-10H2,1-2H3/b8-5+.